The van der Waals surface area contributed by atoms with Gasteiger partial charge in [0.15, 0.2) is 0 Å². The molecule has 0 aliphatic carbocycles. The second kappa shape index (κ2) is 6.99. The minimum Gasteiger partial charge on any atom is -0.399 e. The predicted molar refractivity (Wildman–Crippen MR) is 80.0 cm³/mol. The van der Waals surface area contributed by atoms with E-state index in [9.17, 15) is 4.79 Å². The van der Waals surface area contributed by atoms with E-state index in [0.717, 1.165) is 13.0 Å². The van der Waals surface area contributed by atoms with Gasteiger partial charge in [0.25, 0.3) is 5.91 Å². The minimum absolute atomic E-state index is 0.148. The third kappa shape index (κ3) is 4.79. The molecule has 5 N–H and O–H groups in total. The first kappa shape index (κ1) is 15.3. The average Bonchev–Trinajstić information content (AvgIpc) is 2.33. The number of anilines is 2. The fourth-order valence-electron chi connectivity index (χ4n) is 1.67. The highest BCUT2D eigenvalue weighted by Crippen LogP contribution is 2.15. The van der Waals surface area contributed by atoms with Crippen LogP contribution in [0.25, 0.3) is 0 Å². The van der Waals surface area contributed by atoms with Gasteiger partial charge in [-0.15, -0.1) is 0 Å². The summed E-state index contributed by atoms with van der Waals surface area (Å²) >= 11 is 0. The summed E-state index contributed by atoms with van der Waals surface area (Å²) in [4.78, 5) is 14.1. The molecule has 0 saturated carbocycles. The minimum atomic E-state index is -0.148. The number of nitrogen functional groups attached to an aromatic ring is 2. The maximum Gasteiger partial charge on any atom is 0.253 e. The number of nitrogens with one attached hydrogen (secondary N) is 1. The molecule has 19 heavy (non-hydrogen) atoms. The third-order valence-corrected chi connectivity index (χ3v) is 3.17. The van der Waals surface area contributed by atoms with Crippen molar-refractivity contribution < 1.29 is 4.79 Å². The van der Waals surface area contributed by atoms with Gasteiger partial charge >= 0.3 is 0 Å². The van der Waals surface area contributed by atoms with Crippen molar-refractivity contribution in [2.45, 2.75) is 26.3 Å². The summed E-state index contributed by atoms with van der Waals surface area (Å²) in [6.07, 6.45) is 0.912. The summed E-state index contributed by atoms with van der Waals surface area (Å²) in [6, 6.07) is 5.45. The van der Waals surface area contributed by atoms with Crippen LogP contribution in [0, 0.1) is 0 Å². The summed E-state index contributed by atoms with van der Waals surface area (Å²) in [5.74, 6) is -0.148. The molecule has 0 bridgehead atoms. The van der Waals surface area contributed by atoms with Crippen molar-refractivity contribution in [1.29, 1.82) is 0 Å². The molecule has 0 saturated heterocycles. The molecule has 5 nitrogen and oxygen atoms in total. The van der Waals surface area contributed by atoms with E-state index in [1.165, 1.54) is 0 Å². The van der Waals surface area contributed by atoms with Crippen LogP contribution in [-0.2, 0) is 0 Å². The van der Waals surface area contributed by atoms with Crippen molar-refractivity contribution in [2.24, 2.45) is 0 Å². The van der Waals surface area contributed by atoms with Crippen molar-refractivity contribution in [1.82, 2.24) is 10.2 Å². The zero-order valence-corrected chi connectivity index (χ0v) is 11.9. The topological polar surface area (TPSA) is 84.4 Å². The van der Waals surface area contributed by atoms with E-state index in [2.05, 4.69) is 31.1 Å². The molecule has 5 heteroatoms. The van der Waals surface area contributed by atoms with E-state index < -0.39 is 0 Å². The van der Waals surface area contributed by atoms with Crippen LogP contribution in [-0.4, -0.2) is 37.0 Å². The number of rotatable bonds is 6. The molecule has 1 rings (SSSR count). The van der Waals surface area contributed by atoms with Crippen molar-refractivity contribution in [3.8, 4) is 0 Å². The molecule has 0 fully saturated rings. The first-order valence-corrected chi connectivity index (χ1v) is 6.55. The van der Waals surface area contributed by atoms with Crippen molar-refractivity contribution in [3.63, 3.8) is 0 Å². The molecule has 0 aliphatic rings. The Bertz CT molecular complexity index is 431. The lowest BCUT2D eigenvalue weighted by Crippen LogP contribution is -2.31. The first-order chi connectivity index (χ1) is 8.91. The van der Waals surface area contributed by atoms with Gasteiger partial charge in [0.05, 0.1) is 5.56 Å². The zero-order chi connectivity index (χ0) is 14.4. The van der Waals surface area contributed by atoms with Gasteiger partial charge in [0.2, 0.25) is 0 Å². The fraction of sp³-hybridized carbons (Fsp3) is 0.500. The van der Waals surface area contributed by atoms with Gasteiger partial charge in [-0.3, -0.25) is 4.79 Å². The van der Waals surface area contributed by atoms with Crippen LogP contribution in [0.4, 0.5) is 11.4 Å². The van der Waals surface area contributed by atoms with Gasteiger partial charge in [-0.2, -0.15) is 0 Å². The first-order valence-electron chi connectivity index (χ1n) is 6.55. The van der Waals surface area contributed by atoms with Gasteiger partial charge in [0, 0.05) is 24.0 Å². The lowest BCUT2D eigenvalue weighted by molar-refractivity contribution is 0.0952. The van der Waals surface area contributed by atoms with Crippen LogP contribution in [0.1, 0.15) is 30.6 Å². The second-order valence-corrected chi connectivity index (χ2v) is 5.03. The highest BCUT2D eigenvalue weighted by Gasteiger charge is 2.09. The van der Waals surface area contributed by atoms with E-state index in [1.54, 1.807) is 18.2 Å². The molecule has 0 aliphatic heterocycles. The normalized spacial score (nSPS) is 11.0. The predicted octanol–water partition coefficient (Wildman–Crippen LogP) is 1.31. The van der Waals surface area contributed by atoms with Crippen LogP contribution < -0.4 is 16.8 Å². The number of nitrogens with two attached hydrogens (primary N) is 2. The smallest absolute Gasteiger partial charge is 0.253 e. The van der Waals surface area contributed by atoms with E-state index in [-0.39, 0.29) is 5.91 Å². The SMILES string of the molecule is CC(C)N(C)CCCNC(=O)c1ccc(N)cc1N. The van der Waals surface area contributed by atoms with Gasteiger partial charge < -0.3 is 21.7 Å². The molecule has 1 aromatic rings. The molecule has 0 heterocycles. The lowest BCUT2D eigenvalue weighted by Gasteiger charge is -2.20. The highest BCUT2D eigenvalue weighted by atomic mass is 16.1. The van der Waals surface area contributed by atoms with Crippen molar-refractivity contribution in [2.75, 3.05) is 31.6 Å². The van der Waals surface area contributed by atoms with Gasteiger partial charge in [-0.05, 0) is 52.1 Å². The number of benzene rings is 1. The second-order valence-electron chi connectivity index (χ2n) is 5.03. The van der Waals surface area contributed by atoms with Gasteiger partial charge in [-0.25, -0.2) is 0 Å². The molecule has 106 valence electrons. The Morgan fingerprint density at radius 2 is 2.05 bits per heavy atom. The Kier molecular flexibility index (Phi) is 5.63. The number of amides is 1. The molecule has 1 amide bonds. The summed E-state index contributed by atoms with van der Waals surface area (Å²) in [5.41, 5.74) is 12.8. The highest BCUT2D eigenvalue weighted by molar-refractivity contribution is 5.99. The Morgan fingerprint density at radius 1 is 1.37 bits per heavy atom. The van der Waals surface area contributed by atoms with Crippen LogP contribution in [0.5, 0.6) is 0 Å². The standard InChI is InChI=1S/C14H24N4O/c1-10(2)18(3)8-4-7-17-14(19)12-6-5-11(15)9-13(12)16/h5-6,9-10H,4,7-8,15-16H2,1-3H3,(H,17,19). The molecule has 0 unspecified atom stereocenters. The van der Waals surface area contributed by atoms with E-state index in [4.69, 9.17) is 11.5 Å². The van der Waals surface area contributed by atoms with Crippen molar-refractivity contribution in [3.05, 3.63) is 23.8 Å². The molecule has 0 atom stereocenters. The van der Waals surface area contributed by atoms with Gasteiger partial charge in [-0.1, -0.05) is 0 Å². The Labute approximate surface area is 115 Å². The summed E-state index contributed by atoms with van der Waals surface area (Å²) in [5, 5.41) is 2.87. The largest absolute Gasteiger partial charge is 0.399 e. The van der Waals surface area contributed by atoms with Gasteiger partial charge in [0.1, 0.15) is 0 Å². The summed E-state index contributed by atoms with van der Waals surface area (Å²) in [7, 11) is 2.07. The molecular weight excluding hydrogens is 240 g/mol. The molecule has 1 aromatic carbocycles. The van der Waals surface area contributed by atoms with Crippen LogP contribution >= 0.6 is 0 Å². The maximum absolute atomic E-state index is 11.9. The fourth-order valence-corrected chi connectivity index (χ4v) is 1.67. The van der Waals surface area contributed by atoms with E-state index >= 15 is 0 Å². The van der Waals surface area contributed by atoms with Crippen molar-refractivity contribution >= 4 is 17.3 Å². The zero-order valence-electron chi connectivity index (χ0n) is 11.9. The molecule has 0 spiro atoms. The van der Waals surface area contributed by atoms with Crippen LogP contribution in [0.2, 0.25) is 0 Å². The number of carbonyl (C=O) groups is 1. The van der Waals surface area contributed by atoms with Crippen LogP contribution in [0.3, 0.4) is 0 Å². The number of nitrogens with zero attached hydrogens (tertiary/aromatic N) is 1. The Balaban J connectivity index is 2.39. The Hall–Kier alpha value is -1.75. The monoisotopic (exact) mass is 264 g/mol. The quantitative estimate of drug-likeness (QED) is 0.534. The molecule has 0 aromatic heterocycles. The van der Waals surface area contributed by atoms with E-state index in [1.807, 2.05) is 0 Å². The summed E-state index contributed by atoms with van der Waals surface area (Å²) < 4.78 is 0. The number of hydrogen-bond acceptors (Lipinski definition) is 4. The molecular formula is C14H24N4O. The van der Waals surface area contributed by atoms with Crippen LogP contribution in [0.15, 0.2) is 18.2 Å². The average molecular weight is 264 g/mol. The molecule has 0 radical (unpaired) electrons. The maximum atomic E-state index is 11.9. The number of carbonyl (C=O) groups excluding carboxylic acids is 1. The summed E-state index contributed by atoms with van der Waals surface area (Å²) in [6.45, 7) is 5.89. The third-order valence-electron chi connectivity index (χ3n) is 3.17. The number of hydrogen-bond donors (Lipinski definition) is 3. The Morgan fingerprint density at radius 3 is 2.63 bits per heavy atom. The lowest BCUT2D eigenvalue weighted by atomic mass is 10.1. The van der Waals surface area contributed by atoms with E-state index in [0.29, 0.717) is 29.5 Å².